The van der Waals surface area contributed by atoms with Crippen molar-refractivity contribution < 1.29 is 9.53 Å². The van der Waals surface area contributed by atoms with E-state index in [9.17, 15) is 4.79 Å². The molecule has 0 radical (unpaired) electrons. The summed E-state index contributed by atoms with van der Waals surface area (Å²) < 4.78 is 5.12. The Balaban J connectivity index is 2.06. The molecule has 0 aromatic heterocycles. The van der Waals surface area contributed by atoms with Gasteiger partial charge in [-0.15, -0.1) is 0 Å². The molecule has 2 rings (SSSR count). The minimum Gasteiger partial charge on any atom is -0.463 e. The first-order valence-electron chi connectivity index (χ1n) is 5.73. The summed E-state index contributed by atoms with van der Waals surface area (Å²) in [6, 6.07) is 0.536. The SMILES string of the molecule is CC1(C)COC(=O)CN1C1CCNCC1. The summed E-state index contributed by atoms with van der Waals surface area (Å²) in [5.74, 6) is -0.0761. The van der Waals surface area contributed by atoms with Crippen LogP contribution in [0.3, 0.4) is 0 Å². The number of carbonyl (C=O) groups is 1. The van der Waals surface area contributed by atoms with Crippen LogP contribution in [0.15, 0.2) is 0 Å². The monoisotopic (exact) mass is 212 g/mol. The number of carbonyl (C=O) groups excluding carboxylic acids is 1. The van der Waals surface area contributed by atoms with E-state index in [4.69, 9.17) is 4.74 Å². The Kier molecular flexibility index (Phi) is 2.98. The molecule has 0 spiro atoms. The van der Waals surface area contributed by atoms with Crippen LogP contribution in [-0.2, 0) is 9.53 Å². The molecule has 2 saturated heterocycles. The molecule has 0 aliphatic carbocycles. The van der Waals surface area contributed by atoms with Crippen LogP contribution in [0, 0.1) is 0 Å². The minimum absolute atomic E-state index is 0.00405. The third-order valence-electron chi connectivity index (χ3n) is 3.41. The van der Waals surface area contributed by atoms with Crippen LogP contribution in [0.2, 0.25) is 0 Å². The number of hydrogen-bond acceptors (Lipinski definition) is 4. The fourth-order valence-electron chi connectivity index (χ4n) is 2.48. The Labute approximate surface area is 91.0 Å². The van der Waals surface area contributed by atoms with Crippen molar-refractivity contribution in [3.8, 4) is 0 Å². The van der Waals surface area contributed by atoms with Gasteiger partial charge < -0.3 is 10.1 Å². The molecule has 4 nitrogen and oxygen atoms in total. The highest BCUT2D eigenvalue weighted by Gasteiger charge is 2.39. The van der Waals surface area contributed by atoms with E-state index in [-0.39, 0.29) is 11.5 Å². The van der Waals surface area contributed by atoms with Crippen molar-refractivity contribution in [2.45, 2.75) is 38.3 Å². The summed E-state index contributed by atoms with van der Waals surface area (Å²) in [5.41, 5.74) is -0.00405. The number of rotatable bonds is 1. The van der Waals surface area contributed by atoms with Crippen molar-refractivity contribution in [2.75, 3.05) is 26.2 Å². The van der Waals surface area contributed by atoms with Gasteiger partial charge in [-0.2, -0.15) is 0 Å². The van der Waals surface area contributed by atoms with E-state index < -0.39 is 0 Å². The van der Waals surface area contributed by atoms with Crippen molar-refractivity contribution in [3.05, 3.63) is 0 Å². The predicted octanol–water partition coefficient (Wildman–Crippen LogP) is 0.376. The summed E-state index contributed by atoms with van der Waals surface area (Å²) in [4.78, 5) is 13.6. The first kappa shape index (κ1) is 10.9. The fraction of sp³-hybridized carbons (Fsp3) is 0.909. The summed E-state index contributed by atoms with van der Waals surface area (Å²) in [7, 11) is 0. The summed E-state index contributed by atoms with van der Waals surface area (Å²) in [6.07, 6.45) is 2.27. The summed E-state index contributed by atoms with van der Waals surface area (Å²) in [6.45, 7) is 7.41. The van der Waals surface area contributed by atoms with Gasteiger partial charge in [0.25, 0.3) is 0 Å². The van der Waals surface area contributed by atoms with Gasteiger partial charge in [-0.1, -0.05) is 0 Å². The Hall–Kier alpha value is -0.610. The Bertz CT molecular complexity index is 247. The lowest BCUT2D eigenvalue weighted by Gasteiger charge is -2.46. The number of piperidine rings is 1. The number of nitrogens with zero attached hydrogens (tertiary/aromatic N) is 1. The zero-order chi connectivity index (χ0) is 10.9. The molecule has 0 aromatic rings. The van der Waals surface area contributed by atoms with Crippen LogP contribution in [0.5, 0.6) is 0 Å². The molecule has 0 atom stereocenters. The van der Waals surface area contributed by atoms with E-state index in [0.29, 0.717) is 19.2 Å². The Morgan fingerprint density at radius 3 is 2.73 bits per heavy atom. The molecule has 1 N–H and O–H groups in total. The van der Waals surface area contributed by atoms with E-state index in [2.05, 4.69) is 24.1 Å². The van der Waals surface area contributed by atoms with Gasteiger partial charge >= 0.3 is 5.97 Å². The van der Waals surface area contributed by atoms with Gasteiger partial charge in [0.2, 0.25) is 0 Å². The molecule has 2 heterocycles. The van der Waals surface area contributed by atoms with Gasteiger partial charge in [0.1, 0.15) is 6.61 Å². The number of cyclic esters (lactones) is 1. The second-order valence-electron chi connectivity index (χ2n) is 5.08. The maximum atomic E-state index is 11.3. The molecule has 15 heavy (non-hydrogen) atoms. The largest absolute Gasteiger partial charge is 0.463 e. The normalized spacial score (nSPS) is 28.8. The van der Waals surface area contributed by atoms with Gasteiger partial charge in [0, 0.05) is 6.04 Å². The second-order valence-corrected chi connectivity index (χ2v) is 5.08. The second kappa shape index (κ2) is 4.10. The molecular weight excluding hydrogens is 192 g/mol. The van der Waals surface area contributed by atoms with Gasteiger partial charge in [0.05, 0.1) is 12.1 Å². The van der Waals surface area contributed by atoms with Crippen LogP contribution in [-0.4, -0.2) is 48.7 Å². The van der Waals surface area contributed by atoms with Crippen LogP contribution in [0.4, 0.5) is 0 Å². The van der Waals surface area contributed by atoms with Crippen LogP contribution >= 0.6 is 0 Å². The van der Waals surface area contributed by atoms with E-state index in [0.717, 1.165) is 25.9 Å². The highest BCUT2D eigenvalue weighted by atomic mass is 16.5. The number of hydrogen-bond donors (Lipinski definition) is 1. The van der Waals surface area contributed by atoms with E-state index in [1.807, 2.05) is 0 Å². The summed E-state index contributed by atoms with van der Waals surface area (Å²) in [5, 5.41) is 3.35. The first-order valence-corrected chi connectivity index (χ1v) is 5.73. The third-order valence-corrected chi connectivity index (χ3v) is 3.41. The van der Waals surface area contributed by atoms with Gasteiger partial charge in [0.15, 0.2) is 0 Å². The van der Waals surface area contributed by atoms with Crippen molar-refractivity contribution in [1.29, 1.82) is 0 Å². The van der Waals surface area contributed by atoms with Gasteiger partial charge in [-0.05, 0) is 39.8 Å². The van der Waals surface area contributed by atoms with Crippen LogP contribution in [0.25, 0.3) is 0 Å². The maximum Gasteiger partial charge on any atom is 0.320 e. The van der Waals surface area contributed by atoms with Crippen molar-refractivity contribution in [3.63, 3.8) is 0 Å². The van der Waals surface area contributed by atoms with Crippen LogP contribution in [0.1, 0.15) is 26.7 Å². The van der Waals surface area contributed by atoms with Crippen molar-refractivity contribution in [1.82, 2.24) is 10.2 Å². The molecule has 2 aliphatic heterocycles. The molecule has 0 saturated carbocycles. The Morgan fingerprint density at radius 1 is 1.40 bits per heavy atom. The van der Waals surface area contributed by atoms with E-state index >= 15 is 0 Å². The molecular formula is C11H20N2O2. The molecule has 0 amide bonds. The highest BCUT2D eigenvalue weighted by molar-refractivity contribution is 5.72. The standard InChI is InChI=1S/C11H20N2O2/c1-11(2)8-15-10(14)7-13(11)9-3-5-12-6-4-9/h9,12H,3-8H2,1-2H3. The molecule has 2 aliphatic rings. The lowest BCUT2D eigenvalue weighted by atomic mass is 9.95. The molecule has 0 unspecified atom stereocenters. The average Bonchev–Trinajstić information content (AvgIpc) is 2.23. The Morgan fingerprint density at radius 2 is 2.07 bits per heavy atom. The number of ether oxygens (including phenoxy) is 1. The van der Waals surface area contributed by atoms with E-state index in [1.165, 1.54) is 0 Å². The van der Waals surface area contributed by atoms with Crippen molar-refractivity contribution >= 4 is 5.97 Å². The van der Waals surface area contributed by atoms with Gasteiger partial charge in [-0.3, -0.25) is 9.69 Å². The van der Waals surface area contributed by atoms with E-state index in [1.54, 1.807) is 0 Å². The zero-order valence-corrected chi connectivity index (χ0v) is 9.58. The number of nitrogens with one attached hydrogen (secondary N) is 1. The first-order chi connectivity index (χ1) is 7.09. The summed E-state index contributed by atoms with van der Waals surface area (Å²) >= 11 is 0. The molecule has 0 aromatic carbocycles. The highest BCUT2D eigenvalue weighted by Crippen LogP contribution is 2.25. The third kappa shape index (κ3) is 2.32. The zero-order valence-electron chi connectivity index (χ0n) is 9.58. The average molecular weight is 212 g/mol. The topological polar surface area (TPSA) is 41.6 Å². The minimum atomic E-state index is -0.0761. The lowest BCUT2D eigenvalue weighted by molar-refractivity contribution is -0.163. The van der Waals surface area contributed by atoms with Crippen LogP contribution < -0.4 is 5.32 Å². The number of esters is 1. The number of morpholine rings is 1. The molecule has 2 fully saturated rings. The predicted molar refractivity (Wildman–Crippen MR) is 57.6 cm³/mol. The quantitative estimate of drug-likeness (QED) is 0.638. The smallest absolute Gasteiger partial charge is 0.320 e. The fourth-order valence-corrected chi connectivity index (χ4v) is 2.48. The molecule has 4 heteroatoms. The lowest BCUT2D eigenvalue weighted by Crippen LogP contribution is -2.60. The van der Waals surface area contributed by atoms with Crippen molar-refractivity contribution in [2.24, 2.45) is 0 Å². The molecule has 86 valence electrons. The van der Waals surface area contributed by atoms with Gasteiger partial charge in [-0.25, -0.2) is 0 Å². The maximum absolute atomic E-state index is 11.3. The molecule has 0 bridgehead atoms.